The Balaban J connectivity index is 1.45. The lowest BCUT2D eigenvalue weighted by molar-refractivity contribution is -0.124. The van der Waals surface area contributed by atoms with Crippen LogP contribution in [0.2, 0.25) is 0 Å². The number of halogens is 1. The van der Waals surface area contributed by atoms with Crippen LogP contribution in [0.25, 0.3) is 0 Å². The van der Waals surface area contributed by atoms with Crippen LogP contribution in [0.15, 0.2) is 40.2 Å². The van der Waals surface area contributed by atoms with Crippen molar-refractivity contribution in [3.63, 3.8) is 0 Å². The first-order valence-electron chi connectivity index (χ1n) is 10.6. The molecule has 164 valence electrons. The van der Waals surface area contributed by atoms with Crippen molar-refractivity contribution in [2.45, 2.75) is 44.1 Å². The zero-order valence-corrected chi connectivity index (χ0v) is 19.6. The number of anilines is 1. The lowest BCUT2D eigenvalue weighted by atomic mass is 9.88. The van der Waals surface area contributed by atoms with Crippen molar-refractivity contribution in [3.8, 4) is 0 Å². The molecule has 1 N–H and O–H groups in total. The molecule has 8 heteroatoms. The third-order valence-corrected chi connectivity index (χ3v) is 7.51. The van der Waals surface area contributed by atoms with Crippen molar-refractivity contribution in [3.05, 3.63) is 50.6 Å². The highest BCUT2D eigenvalue weighted by Gasteiger charge is 2.43. The maximum Gasteiger partial charge on any atom is 0.262 e. The summed E-state index contributed by atoms with van der Waals surface area (Å²) in [6, 6.07) is 11.2. The van der Waals surface area contributed by atoms with E-state index in [1.165, 1.54) is 11.3 Å². The van der Waals surface area contributed by atoms with E-state index in [0.29, 0.717) is 24.3 Å². The van der Waals surface area contributed by atoms with Gasteiger partial charge in [0.05, 0.1) is 15.3 Å². The molecule has 0 aliphatic carbocycles. The van der Waals surface area contributed by atoms with Gasteiger partial charge in [0, 0.05) is 38.1 Å². The van der Waals surface area contributed by atoms with Gasteiger partial charge in [-0.1, -0.05) is 18.6 Å². The SMILES string of the molecule is O=C(N[C@]1(C(=O)Cc2ccc(N3CCCCCC3=O)cc2)CCOC1)c1ccc(Br)s1. The Morgan fingerprint density at radius 2 is 1.94 bits per heavy atom. The smallest absolute Gasteiger partial charge is 0.262 e. The molecule has 0 unspecified atom stereocenters. The number of carbonyl (C=O) groups excluding carboxylic acids is 3. The monoisotopic (exact) mass is 504 g/mol. The molecule has 4 rings (SSSR count). The summed E-state index contributed by atoms with van der Waals surface area (Å²) >= 11 is 4.70. The summed E-state index contributed by atoms with van der Waals surface area (Å²) in [6.45, 7) is 1.36. The fraction of sp³-hybridized carbons (Fsp3) is 0.435. The van der Waals surface area contributed by atoms with Gasteiger partial charge in [-0.3, -0.25) is 14.4 Å². The molecule has 0 bridgehead atoms. The molecular formula is C23H25BrN2O4S. The largest absolute Gasteiger partial charge is 0.378 e. The first kappa shape index (κ1) is 22.2. The topological polar surface area (TPSA) is 75.7 Å². The Labute approximate surface area is 194 Å². The fourth-order valence-corrected chi connectivity index (χ4v) is 5.35. The van der Waals surface area contributed by atoms with Gasteiger partial charge in [-0.05, 0) is 58.6 Å². The van der Waals surface area contributed by atoms with E-state index in [2.05, 4.69) is 21.2 Å². The van der Waals surface area contributed by atoms with E-state index in [9.17, 15) is 14.4 Å². The van der Waals surface area contributed by atoms with Crippen molar-refractivity contribution in [1.82, 2.24) is 5.32 Å². The van der Waals surface area contributed by atoms with Crippen molar-refractivity contribution in [2.24, 2.45) is 0 Å². The van der Waals surface area contributed by atoms with Crippen molar-refractivity contribution in [2.75, 3.05) is 24.7 Å². The highest BCUT2D eigenvalue weighted by Crippen LogP contribution is 2.27. The lowest BCUT2D eigenvalue weighted by Gasteiger charge is -2.27. The number of nitrogens with zero attached hydrogens (tertiary/aromatic N) is 1. The molecule has 1 aromatic heterocycles. The standard InChI is InChI=1S/C23H25BrN2O4S/c24-20-10-9-18(31-20)22(29)25-23(11-13-30-15-23)19(27)14-16-5-7-17(8-6-16)26-12-3-1-2-4-21(26)28/h5-10H,1-4,11-15H2,(H,25,29)/t23-/m1/s1. The van der Waals surface area contributed by atoms with E-state index in [0.717, 1.165) is 40.8 Å². The third kappa shape index (κ3) is 5.07. The van der Waals surface area contributed by atoms with Crippen LogP contribution >= 0.6 is 27.3 Å². The maximum atomic E-state index is 13.2. The van der Waals surface area contributed by atoms with E-state index in [4.69, 9.17) is 4.74 Å². The van der Waals surface area contributed by atoms with Gasteiger partial charge in [0.15, 0.2) is 5.78 Å². The van der Waals surface area contributed by atoms with E-state index < -0.39 is 5.54 Å². The van der Waals surface area contributed by atoms with Gasteiger partial charge < -0.3 is 15.0 Å². The van der Waals surface area contributed by atoms with Crippen LogP contribution in [-0.4, -0.2) is 42.9 Å². The van der Waals surface area contributed by atoms with Gasteiger partial charge in [0.2, 0.25) is 5.91 Å². The predicted octanol–water partition coefficient (Wildman–Crippen LogP) is 4.12. The van der Waals surface area contributed by atoms with E-state index >= 15 is 0 Å². The number of ether oxygens (including phenoxy) is 1. The zero-order chi connectivity index (χ0) is 21.8. The Bertz CT molecular complexity index is 966. The highest BCUT2D eigenvalue weighted by atomic mass is 79.9. The van der Waals surface area contributed by atoms with Gasteiger partial charge in [0.1, 0.15) is 5.54 Å². The average Bonchev–Trinajstić information content (AvgIpc) is 3.36. The summed E-state index contributed by atoms with van der Waals surface area (Å²) in [5.74, 6) is -0.163. The maximum absolute atomic E-state index is 13.2. The molecule has 0 spiro atoms. The van der Waals surface area contributed by atoms with Crippen LogP contribution in [0.5, 0.6) is 0 Å². The molecule has 2 amide bonds. The molecular weight excluding hydrogens is 480 g/mol. The van der Waals surface area contributed by atoms with E-state index in [1.54, 1.807) is 6.07 Å². The second kappa shape index (κ2) is 9.63. The van der Waals surface area contributed by atoms with Crippen molar-refractivity contribution in [1.29, 1.82) is 0 Å². The van der Waals surface area contributed by atoms with Crippen LogP contribution < -0.4 is 10.2 Å². The summed E-state index contributed by atoms with van der Waals surface area (Å²) in [6.07, 6.45) is 4.28. The van der Waals surface area contributed by atoms with Crippen molar-refractivity contribution >= 4 is 50.6 Å². The highest BCUT2D eigenvalue weighted by molar-refractivity contribution is 9.11. The van der Waals surface area contributed by atoms with Gasteiger partial charge >= 0.3 is 0 Å². The molecule has 2 aromatic rings. The number of benzene rings is 1. The summed E-state index contributed by atoms with van der Waals surface area (Å²) in [4.78, 5) is 40.6. The number of thiophene rings is 1. The minimum atomic E-state index is -1.01. The zero-order valence-electron chi connectivity index (χ0n) is 17.2. The van der Waals surface area contributed by atoms with Gasteiger partial charge in [-0.15, -0.1) is 11.3 Å². The van der Waals surface area contributed by atoms with Gasteiger partial charge in [0.25, 0.3) is 5.91 Å². The minimum absolute atomic E-state index is 0.0624. The molecule has 2 aliphatic rings. The van der Waals surface area contributed by atoms with Crippen molar-refractivity contribution < 1.29 is 19.1 Å². The number of hydrogen-bond donors (Lipinski definition) is 1. The summed E-state index contributed by atoms with van der Waals surface area (Å²) in [7, 11) is 0. The Morgan fingerprint density at radius 3 is 2.61 bits per heavy atom. The number of carbonyl (C=O) groups is 3. The molecule has 0 saturated carbocycles. The molecule has 31 heavy (non-hydrogen) atoms. The summed E-state index contributed by atoms with van der Waals surface area (Å²) in [5.41, 5.74) is 0.724. The number of amides is 2. The quantitative estimate of drug-likeness (QED) is 0.641. The Hall–Kier alpha value is -2.03. The van der Waals surface area contributed by atoms with Crippen LogP contribution in [-0.2, 0) is 20.7 Å². The molecule has 1 aromatic carbocycles. The molecule has 2 aliphatic heterocycles. The van der Waals surface area contributed by atoms with Crippen LogP contribution in [0.3, 0.4) is 0 Å². The van der Waals surface area contributed by atoms with E-state index in [-0.39, 0.29) is 30.6 Å². The number of ketones is 1. The lowest BCUT2D eigenvalue weighted by Crippen LogP contribution is -2.55. The van der Waals surface area contributed by atoms with Gasteiger partial charge in [-0.2, -0.15) is 0 Å². The average molecular weight is 505 g/mol. The Morgan fingerprint density at radius 1 is 1.13 bits per heavy atom. The second-order valence-electron chi connectivity index (χ2n) is 8.07. The van der Waals surface area contributed by atoms with Crippen LogP contribution in [0.4, 0.5) is 5.69 Å². The second-order valence-corrected chi connectivity index (χ2v) is 10.5. The van der Waals surface area contributed by atoms with E-state index in [1.807, 2.05) is 35.2 Å². The third-order valence-electron chi connectivity index (χ3n) is 5.89. The predicted molar refractivity (Wildman–Crippen MR) is 124 cm³/mol. The van der Waals surface area contributed by atoms with Gasteiger partial charge in [-0.25, -0.2) is 0 Å². The molecule has 3 heterocycles. The number of hydrogen-bond acceptors (Lipinski definition) is 5. The normalized spacial score (nSPS) is 21.7. The first-order chi connectivity index (χ1) is 15.0. The number of rotatable bonds is 6. The summed E-state index contributed by atoms with van der Waals surface area (Å²) in [5, 5.41) is 2.94. The summed E-state index contributed by atoms with van der Waals surface area (Å²) < 4.78 is 6.36. The number of nitrogens with one attached hydrogen (secondary N) is 1. The molecule has 2 saturated heterocycles. The first-order valence-corrected chi connectivity index (χ1v) is 12.2. The fourth-order valence-electron chi connectivity index (χ4n) is 4.07. The minimum Gasteiger partial charge on any atom is -0.378 e. The number of Topliss-reactive ketones (excluding diaryl/α,β-unsaturated/α-hetero) is 1. The molecule has 1 atom stereocenters. The van der Waals surface area contributed by atoms with Crippen LogP contribution in [0, 0.1) is 0 Å². The Kier molecular flexibility index (Phi) is 6.89. The molecule has 6 nitrogen and oxygen atoms in total. The van der Waals surface area contributed by atoms with Crippen LogP contribution in [0.1, 0.15) is 47.3 Å². The molecule has 0 radical (unpaired) electrons. The molecule has 2 fully saturated rings.